The van der Waals surface area contributed by atoms with Crippen molar-refractivity contribution < 1.29 is 14.6 Å². The zero-order valence-corrected chi connectivity index (χ0v) is 14.6. The quantitative estimate of drug-likeness (QED) is 0.898. The molecule has 4 heteroatoms. The standard InChI is InChI=1S/C20H23NO3/c1-5-21(15-8-6-14(7-9-15)19(22)23)16-10-13(2)18-17(11-16)20(3,4)12-24-18/h6-11H,5,12H2,1-4H3,(H,22,23). The maximum absolute atomic E-state index is 11.0. The van der Waals surface area contributed by atoms with Gasteiger partial charge in [-0.1, -0.05) is 13.8 Å². The SMILES string of the molecule is CCN(c1ccc(C(=O)O)cc1)c1cc(C)c2c(c1)C(C)(C)CO2. The fourth-order valence-electron chi connectivity index (χ4n) is 3.23. The highest BCUT2D eigenvalue weighted by molar-refractivity contribution is 5.88. The van der Waals surface area contributed by atoms with Crippen molar-refractivity contribution in [1.82, 2.24) is 0 Å². The van der Waals surface area contributed by atoms with E-state index in [0.29, 0.717) is 12.2 Å². The number of rotatable bonds is 4. The zero-order chi connectivity index (χ0) is 17.5. The Bertz CT molecular complexity index is 778. The Kier molecular flexibility index (Phi) is 3.99. The molecule has 0 saturated carbocycles. The van der Waals surface area contributed by atoms with Crippen LogP contribution < -0.4 is 9.64 Å². The summed E-state index contributed by atoms with van der Waals surface area (Å²) in [4.78, 5) is 13.2. The normalized spacial score (nSPS) is 14.8. The predicted molar refractivity (Wildman–Crippen MR) is 95.8 cm³/mol. The first-order chi connectivity index (χ1) is 11.3. The van der Waals surface area contributed by atoms with Gasteiger partial charge in [0.2, 0.25) is 0 Å². The number of anilines is 2. The Balaban J connectivity index is 2.03. The molecule has 0 bridgehead atoms. The van der Waals surface area contributed by atoms with Crippen molar-refractivity contribution in [2.45, 2.75) is 33.1 Å². The van der Waals surface area contributed by atoms with E-state index >= 15 is 0 Å². The number of nitrogens with zero attached hydrogens (tertiary/aromatic N) is 1. The summed E-state index contributed by atoms with van der Waals surface area (Å²) in [5, 5.41) is 9.06. The molecule has 4 nitrogen and oxygen atoms in total. The lowest BCUT2D eigenvalue weighted by atomic mass is 9.86. The second-order valence-electron chi connectivity index (χ2n) is 6.91. The molecule has 2 aromatic carbocycles. The van der Waals surface area contributed by atoms with Crippen molar-refractivity contribution >= 4 is 17.3 Å². The molecule has 0 spiro atoms. The van der Waals surface area contributed by atoms with Gasteiger partial charge >= 0.3 is 5.97 Å². The first-order valence-electron chi connectivity index (χ1n) is 8.22. The first kappa shape index (κ1) is 16.4. The van der Waals surface area contributed by atoms with Gasteiger partial charge in [0.25, 0.3) is 0 Å². The van der Waals surface area contributed by atoms with Crippen LogP contribution in [0.25, 0.3) is 0 Å². The monoisotopic (exact) mass is 325 g/mol. The molecule has 0 amide bonds. The molecule has 24 heavy (non-hydrogen) atoms. The molecule has 0 atom stereocenters. The van der Waals surface area contributed by atoms with Crippen molar-refractivity contribution in [3.8, 4) is 5.75 Å². The summed E-state index contributed by atoms with van der Waals surface area (Å²) in [6, 6.07) is 11.3. The molecule has 0 unspecified atom stereocenters. The summed E-state index contributed by atoms with van der Waals surface area (Å²) in [5.41, 5.74) is 4.76. The lowest BCUT2D eigenvalue weighted by Crippen LogP contribution is -2.20. The Labute approximate surface area is 142 Å². The minimum Gasteiger partial charge on any atom is -0.492 e. The number of benzene rings is 2. The van der Waals surface area contributed by atoms with Gasteiger partial charge in [0.15, 0.2) is 0 Å². The van der Waals surface area contributed by atoms with Gasteiger partial charge in [-0.05, 0) is 55.8 Å². The van der Waals surface area contributed by atoms with Crippen LogP contribution in [0.3, 0.4) is 0 Å². The highest BCUT2D eigenvalue weighted by atomic mass is 16.5. The molecule has 126 valence electrons. The van der Waals surface area contributed by atoms with Gasteiger partial charge in [-0.3, -0.25) is 0 Å². The molecule has 2 aromatic rings. The van der Waals surface area contributed by atoms with Crippen LogP contribution in [0, 0.1) is 6.92 Å². The van der Waals surface area contributed by atoms with E-state index in [1.807, 2.05) is 12.1 Å². The van der Waals surface area contributed by atoms with Crippen molar-refractivity contribution in [2.24, 2.45) is 0 Å². The molecule has 1 aliphatic heterocycles. The van der Waals surface area contributed by atoms with Gasteiger partial charge in [0, 0.05) is 28.9 Å². The summed E-state index contributed by atoms with van der Waals surface area (Å²) in [5.74, 6) is 0.0953. The van der Waals surface area contributed by atoms with E-state index < -0.39 is 5.97 Å². The number of carboxylic acids is 1. The van der Waals surface area contributed by atoms with E-state index in [4.69, 9.17) is 9.84 Å². The predicted octanol–water partition coefficient (Wildman–Crippen LogP) is 4.52. The average molecular weight is 325 g/mol. The van der Waals surface area contributed by atoms with Crippen LogP contribution in [0.5, 0.6) is 5.75 Å². The number of carbonyl (C=O) groups is 1. The Hall–Kier alpha value is -2.49. The van der Waals surface area contributed by atoms with Crippen molar-refractivity contribution in [1.29, 1.82) is 0 Å². The second kappa shape index (κ2) is 5.86. The smallest absolute Gasteiger partial charge is 0.335 e. The van der Waals surface area contributed by atoms with E-state index in [1.54, 1.807) is 12.1 Å². The van der Waals surface area contributed by atoms with Gasteiger partial charge in [-0.25, -0.2) is 4.79 Å². The number of aryl methyl sites for hydroxylation is 1. The number of fused-ring (bicyclic) bond motifs is 1. The van der Waals surface area contributed by atoms with Gasteiger partial charge in [0.05, 0.1) is 12.2 Å². The number of hydrogen-bond donors (Lipinski definition) is 1. The lowest BCUT2D eigenvalue weighted by Gasteiger charge is -2.26. The summed E-state index contributed by atoms with van der Waals surface area (Å²) in [6.45, 7) is 10.1. The van der Waals surface area contributed by atoms with Gasteiger partial charge < -0.3 is 14.7 Å². The molecule has 1 N–H and O–H groups in total. The summed E-state index contributed by atoms with van der Waals surface area (Å²) in [7, 11) is 0. The van der Waals surface area contributed by atoms with Crippen LogP contribution in [0.15, 0.2) is 36.4 Å². The van der Waals surface area contributed by atoms with Crippen LogP contribution >= 0.6 is 0 Å². The molecule has 0 radical (unpaired) electrons. The fraction of sp³-hybridized carbons (Fsp3) is 0.350. The molecular weight excluding hydrogens is 302 g/mol. The molecule has 0 aromatic heterocycles. The van der Waals surface area contributed by atoms with Crippen LogP contribution in [0.1, 0.15) is 42.3 Å². The maximum atomic E-state index is 11.0. The van der Waals surface area contributed by atoms with E-state index in [0.717, 1.165) is 29.2 Å². The highest BCUT2D eigenvalue weighted by Gasteiger charge is 2.33. The summed E-state index contributed by atoms with van der Waals surface area (Å²) in [6.07, 6.45) is 0. The molecule has 1 aliphatic rings. The third kappa shape index (κ3) is 2.73. The molecular formula is C20H23NO3. The number of carboxylic acid groups (broad SMARTS) is 1. The highest BCUT2D eigenvalue weighted by Crippen LogP contribution is 2.43. The number of aromatic carboxylic acids is 1. The topological polar surface area (TPSA) is 49.8 Å². The molecule has 0 saturated heterocycles. The molecule has 1 heterocycles. The summed E-state index contributed by atoms with van der Waals surface area (Å²) < 4.78 is 5.88. The fourth-order valence-corrected chi connectivity index (χ4v) is 3.23. The molecule has 0 aliphatic carbocycles. The lowest BCUT2D eigenvalue weighted by molar-refractivity contribution is 0.0697. The third-order valence-electron chi connectivity index (χ3n) is 4.62. The van der Waals surface area contributed by atoms with E-state index in [9.17, 15) is 4.79 Å². The van der Waals surface area contributed by atoms with Crippen LogP contribution in [-0.4, -0.2) is 24.2 Å². The number of ether oxygens (including phenoxy) is 1. The van der Waals surface area contributed by atoms with Gasteiger partial charge in [0.1, 0.15) is 5.75 Å². The van der Waals surface area contributed by atoms with Crippen LogP contribution in [-0.2, 0) is 5.41 Å². The zero-order valence-electron chi connectivity index (χ0n) is 14.6. The maximum Gasteiger partial charge on any atom is 0.335 e. The third-order valence-corrected chi connectivity index (χ3v) is 4.62. The average Bonchev–Trinajstić information content (AvgIpc) is 2.85. The minimum atomic E-state index is -0.906. The van der Waals surface area contributed by atoms with E-state index in [2.05, 4.69) is 44.7 Å². The second-order valence-corrected chi connectivity index (χ2v) is 6.91. The van der Waals surface area contributed by atoms with Crippen LogP contribution in [0.2, 0.25) is 0 Å². The Morgan fingerprint density at radius 1 is 1.21 bits per heavy atom. The van der Waals surface area contributed by atoms with Crippen molar-refractivity contribution in [2.75, 3.05) is 18.1 Å². The van der Waals surface area contributed by atoms with E-state index in [-0.39, 0.29) is 5.41 Å². The van der Waals surface area contributed by atoms with Crippen LogP contribution in [0.4, 0.5) is 11.4 Å². The molecule has 3 rings (SSSR count). The minimum absolute atomic E-state index is 0.00266. The van der Waals surface area contributed by atoms with E-state index in [1.165, 1.54) is 5.56 Å². The van der Waals surface area contributed by atoms with Crippen molar-refractivity contribution in [3.63, 3.8) is 0 Å². The van der Waals surface area contributed by atoms with Crippen molar-refractivity contribution in [3.05, 3.63) is 53.1 Å². The Morgan fingerprint density at radius 2 is 1.88 bits per heavy atom. The Morgan fingerprint density at radius 3 is 2.46 bits per heavy atom. The van der Waals surface area contributed by atoms with Gasteiger partial charge in [-0.2, -0.15) is 0 Å². The number of hydrogen-bond acceptors (Lipinski definition) is 3. The summed E-state index contributed by atoms with van der Waals surface area (Å²) >= 11 is 0. The first-order valence-corrected chi connectivity index (χ1v) is 8.22. The largest absolute Gasteiger partial charge is 0.492 e. The molecule has 0 fully saturated rings. The van der Waals surface area contributed by atoms with Gasteiger partial charge in [-0.15, -0.1) is 0 Å².